The Kier molecular flexibility index (Phi) is 6.05. The smallest absolute Gasteiger partial charge is 0.323 e. The zero-order chi connectivity index (χ0) is 23.8. The van der Waals surface area contributed by atoms with Gasteiger partial charge in [-0.1, -0.05) is 48.5 Å². The van der Waals surface area contributed by atoms with Gasteiger partial charge >= 0.3 is 6.03 Å². The summed E-state index contributed by atoms with van der Waals surface area (Å²) in [6, 6.07) is 14.4. The topological polar surface area (TPSA) is 69.7 Å². The third-order valence-electron chi connectivity index (χ3n) is 6.40. The van der Waals surface area contributed by atoms with Gasteiger partial charge in [0.1, 0.15) is 5.54 Å². The van der Waals surface area contributed by atoms with Crippen molar-refractivity contribution in [3.63, 3.8) is 0 Å². The second-order valence-electron chi connectivity index (χ2n) is 9.15. The number of amides is 3. The fourth-order valence-corrected chi connectivity index (χ4v) is 4.55. The van der Waals surface area contributed by atoms with E-state index in [1.165, 1.54) is 0 Å². The van der Waals surface area contributed by atoms with Gasteiger partial charge in [0.15, 0.2) is 5.78 Å². The molecule has 1 spiro atoms. The molecule has 1 aliphatic heterocycles. The fraction of sp³-hybridized carbons (Fsp3) is 0.400. The lowest BCUT2D eigenvalue weighted by Crippen LogP contribution is -2.51. The first-order chi connectivity index (χ1) is 15.6. The van der Waals surface area contributed by atoms with Gasteiger partial charge in [0.2, 0.25) is 5.92 Å². The van der Waals surface area contributed by atoms with Gasteiger partial charge in [-0.15, -0.1) is 0 Å². The summed E-state index contributed by atoms with van der Waals surface area (Å²) in [5, 5.41) is 2.56. The molecule has 0 bridgehead atoms. The van der Waals surface area contributed by atoms with Gasteiger partial charge in [-0.3, -0.25) is 14.5 Å². The molecule has 0 atom stereocenters. The highest BCUT2D eigenvalue weighted by molar-refractivity contribution is 6.11. The molecule has 0 unspecified atom stereocenters. The van der Waals surface area contributed by atoms with E-state index in [0.29, 0.717) is 5.56 Å². The largest absolute Gasteiger partial charge is 0.325 e. The molecule has 1 saturated carbocycles. The number of carbonyl (C=O) groups is 3. The van der Waals surface area contributed by atoms with Gasteiger partial charge in [-0.2, -0.15) is 0 Å². The SMILES string of the molecule is CN(C)Cc1ccccc1-c1ccc(C(=O)CN2C(=O)NC3(CCC(F)(F)CC3)C2=O)cc1. The molecule has 4 rings (SSSR count). The van der Waals surface area contributed by atoms with Crippen LogP contribution in [-0.2, 0) is 11.3 Å². The van der Waals surface area contributed by atoms with E-state index in [1.54, 1.807) is 12.1 Å². The van der Waals surface area contributed by atoms with Crippen LogP contribution in [0.4, 0.5) is 13.6 Å². The third-order valence-corrected chi connectivity index (χ3v) is 6.40. The molecule has 1 N–H and O–H groups in total. The van der Waals surface area contributed by atoms with E-state index in [1.807, 2.05) is 44.4 Å². The summed E-state index contributed by atoms with van der Waals surface area (Å²) in [6.07, 6.45) is -1.18. The first-order valence-corrected chi connectivity index (χ1v) is 11.0. The molecule has 0 radical (unpaired) electrons. The number of hydrogen-bond donors (Lipinski definition) is 1. The van der Waals surface area contributed by atoms with E-state index < -0.39 is 42.8 Å². The van der Waals surface area contributed by atoms with Gasteiger partial charge in [0.05, 0.1) is 6.54 Å². The minimum Gasteiger partial charge on any atom is -0.323 e. The summed E-state index contributed by atoms with van der Waals surface area (Å²) in [7, 11) is 3.99. The number of alkyl halides is 2. The highest BCUT2D eigenvalue weighted by Gasteiger charge is 2.55. The summed E-state index contributed by atoms with van der Waals surface area (Å²) in [4.78, 5) is 41.0. The van der Waals surface area contributed by atoms with Gasteiger partial charge in [-0.25, -0.2) is 13.6 Å². The van der Waals surface area contributed by atoms with E-state index >= 15 is 0 Å². The normalized spacial score (nSPS) is 19.2. The monoisotopic (exact) mass is 455 g/mol. The standard InChI is InChI=1S/C25H27F2N3O3/c1-29(2)15-19-5-3-4-6-20(19)17-7-9-18(10-8-17)21(31)16-30-22(32)24(28-23(30)33)11-13-25(26,27)14-12-24/h3-10H,11-16H2,1-2H3,(H,28,33). The average molecular weight is 456 g/mol. The number of benzene rings is 2. The number of halogens is 2. The Hall–Kier alpha value is -3.13. The minimum atomic E-state index is -2.83. The Balaban J connectivity index is 1.47. The lowest BCUT2D eigenvalue weighted by atomic mass is 9.80. The predicted molar refractivity (Wildman–Crippen MR) is 120 cm³/mol. The third kappa shape index (κ3) is 4.66. The summed E-state index contributed by atoms with van der Waals surface area (Å²) in [5.74, 6) is -3.80. The number of urea groups is 1. The van der Waals surface area contributed by atoms with Gasteiger partial charge in [-0.05, 0) is 43.6 Å². The summed E-state index contributed by atoms with van der Waals surface area (Å²) >= 11 is 0. The number of nitrogens with one attached hydrogen (secondary N) is 1. The van der Waals surface area contributed by atoms with Crippen molar-refractivity contribution in [2.24, 2.45) is 0 Å². The van der Waals surface area contributed by atoms with Crippen LogP contribution in [0.3, 0.4) is 0 Å². The van der Waals surface area contributed by atoms with Crippen molar-refractivity contribution in [3.05, 3.63) is 59.7 Å². The predicted octanol–water partition coefficient (Wildman–Crippen LogP) is 4.10. The van der Waals surface area contributed by atoms with E-state index in [9.17, 15) is 23.2 Å². The van der Waals surface area contributed by atoms with Crippen LogP contribution in [0.1, 0.15) is 41.6 Å². The van der Waals surface area contributed by atoms with E-state index in [0.717, 1.165) is 28.1 Å². The lowest BCUT2D eigenvalue weighted by Gasteiger charge is -2.34. The molecular formula is C25H27F2N3O3. The molecule has 2 aromatic carbocycles. The molecule has 2 aliphatic rings. The van der Waals surface area contributed by atoms with E-state index in [2.05, 4.69) is 16.3 Å². The average Bonchev–Trinajstić information content (AvgIpc) is 3.00. The molecule has 174 valence electrons. The Labute approximate surface area is 191 Å². The zero-order valence-electron chi connectivity index (χ0n) is 18.7. The molecule has 2 aromatic rings. The van der Waals surface area contributed by atoms with Crippen molar-refractivity contribution >= 4 is 17.7 Å². The van der Waals surface area contributed by atoms with Gasteiger partial charge < -0.3 is 10.2 Å². The van der Waals surface area contributed by atoms with Gasteiger partial charge in [0.25, 0.3) is 5.91 Å². The van der Waals surface area contributed by atoms with Crippen molar-refractivity contribution in [3.8, 4) is 11.1 Å². The number of ketones is 1. The number of nitrogens with zero attached hydrogens (tertiary/aromatic N) is 2. The van der Waals surface area contributed by atoms with Crippen LogP contribution in [0.15, 0.2) is 48.5 Å². The molecule has 8 heteroatoms. The molecular weight excluding hydrogens is 428 g/mol. The number of hydrogen-bond acceptors (Lipinski definition) is 4. The highest BCUT2D eigenvalue weighted by atomic mass is 19.3. The maximum absolute atomic E-state index is 13.5. The quantitative estimate of drug-likeness (QED) is 0.526. The number of carbonyl (C=O) groups excluding carboxylic acids is 3. The Morgan fingerprint density at radius 3 is 2.27 bits per heavy atom. The molecule has 0 aromatic heterocycles. The minimum absolute atomic E-state index is 0.129. The number of rotatable bonds is 6. The molecule has 33 heavy (non-hydrogen) atoms. The Morgan fingerprint density at radius 2 is 1.64 bits per heavy atom. The second-order valence-corrected chi connectivity index (χ2v) is 9.15. The summed E-state index contributed by atoms with van der Waals surface area (Å²) in [5.41, 5.74) is 2.24. The second kappa shape index (κ2) is 8.67. The van der Waals surface area contributed by atoms with Crippen LogP contribution >= 0.6 is 0 Å². The van der Waals surface area contributed by atoms with Crippen molar-refractivity contribution in [1.82, 2.24) is 15.1 Å². The molecule has 2 fully saturated rings. The Bertz CT molecular complexity index is 1070. The van der Waals surface area contributed by atoms with Crippen LogP contribution in [-0.4, -0.2) is 59.6 Å². The number of Topliss-reactive ketones (excluding diaryl/α,β-unsaturated/α-hetero) is 1. The maximum atomic E-state index is 13.5. The molecule has 1 aliphatic carbocycles. The first-order valence-electron chi connectivity index (χ1n) is 11.0. The highest BCUT2D eigenvalue weighted by Crippen LogP contribution is 2.41. The van der Waals surface area contributed by atoms with Crippen LogP contribution in [0.25, 0.3) is 11.1 Å². The van der Waals surface area contributed by atoms with E-state index in [4.69, 9.17) is 0 Å². The van der Waals surface area contributed by atoms with Crippen molar-refractivity contribution < 1.29 is 23.2 Å². The van der Waals surface area contributed by atoms with Crippen molar-refractivity contribution in [2.45, 2.75) is 43.7 Å². The molecule has 1 heterocycles. The molecule has 1 saturated heterocycles. The molecule has 6 nitrogen and oxygen atoms in total. The van der Waals surface area contributed by atoms with Crippen LogP contribution < -0.4 is 5.32 Å². The maximum Gasteiger partial charge on any atom is 0.325 e. The zero-order valence-corrected chi connectivity index (χ0v) is 18.7. The van der Waals surface area contributed by atoms with Gasteiger partial charge in [0, 0.05) is 24.9 Å². The van der Waals surface area contributed by atoms with Crippen LogP contribution in [0.5, 0.6) is 0 Å². The fourth-order valence-electron chi connectivity index (χ4n) is 4.55. The molecule has 3 amide bonds. The van der Waals surface area contributed by atoms with Crippen molar-refractivity contribution in [2.75, 3.05) is 20.6 Å². The summed E-state index contributed by atoms with van der Waals surface area (Å²) in [6.45, 7) is 0.357. The lowest BCUT2D eigenvalue weighted by molar-refractivity contribution is -0.135. The number of imide groups is 1. The van der Waals surface area contributed by atoms with Crippen LogP contribution in [0, 0.1) is 0 Å². The first kappa shape index (κ1) is 23.0. The van der Waals surface area contributed by atoms with Crippen molar-refractivity contribution in [1.29, 1.82) is 0 Å². The van der Waals surface area contributed by atoms with Crippen LogP contribution in [0.2, 0.25) is 0 Å². The van der Waals surface area contributed by atoms with E-state index in [-0.39, 0.29) is 18.6 Å². The Morgan fingerprint density at radius 1 is 1.00 bits per heavy atom. The summed E-state index contributed by atoms with van der Waals surface area (Å²) < 4.78 is 27.1.